The Morgan fingerprint density at radius 2 is 2.07 bits per heavy atom. The Balaban J connectivity index is 0.00000196. The van der Waals surface area contributed by atoms with Crippen molar-refractivity contribution in [1.82, 2.24) is 5.32 Å². The number of rotatable bonds is 1. The van der Waals surface area contributed by atoms with Crippen LogP contribution < -0.4 is 5.32 Å². The summed E-state index contributed by atoms with van der Waals surface area (Å²) in [5, 5.41) is 2.56. The number of hydrogen-bond donors (Lipinski definition) is 1. The molecule has 2 unspecified atom stereocenters. The van der Waals surface area contributed by atoms with E-state index in [-0.39, 0.29) is 19.0 Å². The number of carbonyl (C=O) groups excluding carboxylic acids is 1. The fourth-order valence-electron chi connectivity index (χ4n) is 1.79. The molecule has 0 aromatic carbocycles. The van der Waals surface area contributed by atoms with Crippen LogP contribution in [0, 0.1) is 11.3 Å². The standard InChI is InChI=1S/C8H12F3NO2.ClH/c1-5-3-12-4-7(5,6(13)14-2)8(9,10)11;/h5,12H,3-4H2,1-2H3;1H. The molecule has 1 fully saturated rings. The lowest BCUT2D eigenvalue weighted by atomic mass is 9.78. The third kappa shape index (κ3) is 2.06. The van der Waals surface area contributed by atoms with Gasteiger partial charge in [0.2, 0.25) is 0 Å². The summed E-state index contributed by atoms with van der Waals surface area (Å²) in [5.41, 5.74) is -2.37. The highest BCUT2D eigenvalue weighted by Crippen LogP contribution is 2.47. The smallest absolute Gasteiger partial charge is 0.406 e. The molecule has 1 aliphatic rings. The second-order valence-electron chi connectivity index (χ2n) is 3.49. The normalized spacial score (nSPS) is 30.9. The molecule has 1 saturated heterocycles. The van der Waals surface area contributed by atoms with Crippen molar-refractivity contribution in [1.29, 1.82) is 0 Å². The average molecular weight is 248 g/mol. The van der Waals surface area contributed by atoms with Crippen LogP contribution in [0.25, 0.3) is 0 Å². The van der Waals surface area contributed by atoms with E-state index in [1.54, 1.807) is 0 Å². The Kier molecular flexibility index (Phi) is 4.42. The van der Waals surface area contributed by atoms with Gasteiger partial charge in [0.1, 0.15) is 0 Å². The molecule has 0 aliphatic carbocycles. The van der Waals surface area contributed by atoms with Gasteiger partial charge in [-0.3, -0.25) is 4.79 Å². The van der Waals surface area contributed by atoms with Crippen LogP contribution in [-0.4, -0.2) is 32.3 Å². The summed E-state index contributed by atoms with van der Waals surface area (Å²) >= 11 is 0. The topological polar surface area (TPSA) is 38.3 Å². The number of carbonyl (C=O) groups is 1. The van der Waals surface area contributed by atoms with Gasteiger partial charge in [-0.2, -0.15) is 13.2 Å². The van der Waals surface area contributed by atoms with Gasteiger partial charge in [-0.25, -0.2) is 0 Å². The molecule has 0 bridgehead atoms. The van der Waals surface area contributed by atoms with Gasteiger partial charge >= 0.3 is 12.1 Å². The maximum atomic E-state index is 12.8. The molecule has 15 heavy (non-hydrogen) atoms. The summed E-state index contributed by atoms with van der Waals surface area (Å²) in [7, 11) is 0.973. The van der Waals surface area contributed by atoms with E-state index in [0.717, 1.165) is 7.11 Å². The lowest BCUT2D eigenvalue weighted by molar-refractivity contribution is -0.237. The first-order valence-corrected chi connectivity index (χ1v) is 4.22. The molecule has 3 nitrogen and oxygen atoms in total. The number of hydrogen-bond acceptors (Lipinski definition) is 3. The molecular formula is C8H13ClF3NO2. The fourth-order valence-corrected chi connectivity index (χ4v) is 1.79. The molecule has 1 aliphatic heterocycles. The van der Waals surface area contributed by atoms with Crippen LogP contribution in [0.5, 0.6) is 0 Å². The highest BCUT2D eigenvalue weighted by atomic mass is 35.5. The molecule has 0 radical (unpaired) electrons. The van der Waals surface area contributed by atoms with Gasteiger partial charge < -0.3 is 10.1 Å². The molecule has 1 rings (SSSR count). The van der Waals surface area contributed by atoms with Crippen LogP contribution in [0.15, 0.2) is 0 Å². The average Bonchev–Trinajstić information content (AvgIpc) is 2.45. The van der Waals surface area contributed by atoms with E-state index in [2.05, 4.69) is 10.1 Å². The molecule has 2 atom stereocenters. The van der Waals surface area contributed by atoms with E-state index < -0.39 is 30.0 Å². The van der Waals surface area contributed by atoms with E-state index in [0.29, 0.717) is 0 Å². The monoisotopic (exact) mass is 247 g/mol. The van der Waals surface area contributed by atoms with Crippen LogP contribution >= 0.6 is 12.4 Å². The summed E-state index contributed by atoms with van der Waals surface area (Å²) in [6.45, 7) is 1.17. The van der Waals surface area contributed by atoms with Gasteiger partial charge in [0, 0.05) is 6.54 Å². The molecule has 0 spiro atoms. The Hall–Kier alpha value is -0.490. The molecule has 0 aromatic heterocycles. The minimum absolute atomic E-state index is 0. The zero-order valence-electron chi connectivity index (χ0n) is 8.35. The van der Waals surface area contributed by atoms with Gasteiger partial charge in [-0.15, -0.1) is 12.4 Å². The number of ether oxygens (including phenoxy) is 1. The molecule has 1 N–H and O–H groups in total. The lowest BCUT2D eigenvalue weighted by Crippen LogP contribution is -2.50. The minimum atomic E-state index is -4.57. The van der Waals surface area contributed by atoms with Crippen molar-refractivity contribution in [2.45, 2.75) is 13.1 Å². The predicted octanol–water partition coefficient (Wildman–Crippen LogP) is 1.37. The number of methoxy groups -OCH3 is 1. The van der Waals surface area contributed by atoms with Crippen LogP contribution in [0.1, 0.15) is 6.92 Å². The first-order chi connectivity index (χ1) is 6.36. The van der Waals surface area contributed by atoms with Crippen LogP contribution in [0.3, 0.4) is 0 Å². The maximum absolute atomic E-state index is 12.8. The Labute approximate surface area is 91.8 Å². The molecule has 7 heteroatoms. The number of halogens is 4. The maximum Gasteiger partial charge on any atom is 0.406 e. The molecule has 0 amide bonds. The van der Waals surface area contributed by atoms with Crippen LogP contribution in [0.2, 0.25) is 0 Å². The van der Waals surface area contributed by atoms with Crippen molar-refractivity contribution < 1.29 is 22.7 Å². The summed E-state index contributed by atoms with van der Waals surface area (Å²) < 4.78 is 42.5. The number of esters is 1. The first kappa shape index (κ1) is 14.5. The first-order valence-electron chi connectivity index (χ1n) is 4.22. The Bertz CT molecular complexity index is 247. The second-order valence-corrected chi connectivity index (χ2v) is 3.49. The van der Waals surface area contributed by atoms with Crippen molar-refractivity contribution in [2.75, 3.05) is 20.2 Å². The van der Waals surface area contributed by atoms with Gasteiger partial charge in [0.25, 0.3) is 0 Å². The number of alkyl halides is 3. The predicted molar refractivity (Wildman–Crippen MR) is 49.8 cm³/mol. The van der Waals surface area contributed by atoms with Crippen molar-refractivity contribution >= 4 is 18.4 Å². The van der Waals surface area contributed by atoms with Crippen molar-refractivity contribution in [3.05, 3.63) is 0 Å². The molecule has 0 saturated carbocycles. The van der Waals surface area contributed by atoms with Gasteiger partial charge in [-0.05, 0) is 12.5 Å². The second kappa shape index (κ2) is 4.57. The van der Waals surface area contributed by atoms with Crippen LogP contribution in [-0.2, 0) is 9.53 Å². The molecule has 90 valence electrons. The van der Waals surface area contributed by atoms with Crippen LogP contribution in [0.4, 0.5) is 13.2 Å². The highest BCUT2D eigenvalue weighted by molar-refractivity contribution is 5.85. The van der Waals surface area contributed by atoms with Crippen molar-refractivity contribution in [3.63, 3.8) is 0 Å². The van der Waals surface area contributed by atoms with Crippen molar-refractivity contribution in [2.24, 2.45) is 11.3 Å². The van der Waals surface area contributed by atoms with E-state index >= 15 is 0 Å². The molecule has 0 aromatic rings. The molecule has 1 heterocycles. The van der Waals surface area contributed by atoms with E-state index in [1.165, 1.54) is 6.92 Å². The third-order valence-corrected chi connectivity index (χ3v) is 2.75. The lowest BCUT2D eigenvalue weighted by Gasteiger charge is -2.31. The number of nitrogens with one attached hydrogen (secondary N) is 1. The van der Waals surface area contributed by atoms with Gasteiger partial charge in [-0.1, -0.05) is 6.92 Å². The summed E-state index contributed by atoms with van der Waals surface area (Å²) in [6.07, 6.45) is -4.57. The summed E-state index contributed by atoms with van der Waals surface area (Å²) in [6, 6.07) is 0. The fraction of sp³-hybridized carbons (Fsp3) is 0.875. The summed E-state index contributed by atoms with van der Waals surface area (Å²) in [5.74, 6) is -2.00. The highest BCUT2D eigenvalue weighted by Gasteiger charge is 2.66. The van der Waals surface area contributed by atoms with Gasteiger partial charge in [0.05, 0.1) is 7.11 Å². The van der Waals surface area contributed by atoms with E-state index in [4.69, 9.17) is 0 Å². The Morgan fingerprint density at radius 3 is 2.33 bits per heavy atom. The van der Waals surface area contributed by atoms with Crippen molar-refractivity contribution in [3.8, 4) is 0 Å². The largest absolute Gasteiger partial charge is 0.468 e. The zero-order chi connectivity index (χ0) is 11.0. The summed E-state index contributed by atoms with van der Waals surface area (Å²) in [4.78, 5) is 11.2. The third-order valence-electron chi connectivity index (χ3n) is 2.75. The quantitative estimate of drug-likeness (QED) is 0.712. The SMILES string of the molecule is COC(=O)C1(C(F)(F)F)CNCC1C.Cl. The van der Waals surface area contributed by atoms with E-state index in [1.807, 2.05) is 0 Å². The Morgan fingerprint density at radius 1 is 1.53 bits per heavy atom. The molecular weight excluding hydrogens is 235 g/mol. The van der Waals surface area contributed by atoms with E-state index in [9.17, 15) is 18.0 Å². The van der Waals surface area contributed by atoms with Gasteiger partial charge in [0.15, 0.2) is 5.41 Å². The zero-order valence-corrected chi connectivity index (χ0v) is 9.17. The minimum Gasteiger partial charge on any atom is -0.468 e.